The van der Waals surface area contributed by atoms with Gasteiger partial charge in [0.05, 0.1) is 11.0 Å². The molecule has 0 aliphatic heterocycles. The van der Waals surface area contributed by atoms with Gasteiger partial charge in [0.1, 0.15) is 0 Å². The first-order valence-electron chi connectivity index (χ1n) is 21.3. The van der Waals surface area contributed by atoms with Crippen LogP contribution < -0.4 is 4.90 Å². The second kappa shape index (κ2) is 16.1. The lowest BCUT2D eigenvalue weighted by molar-refractivity contribution is 1.18. The molecule has 292 valence electrons. The van der Waals surface area contributed by atoms with Crippen LogP contribution in [0.1, 0.15) is 0 Å². The van der Waals surface area contributed by atoms with Crippen molar-refractivity contribution < 1.29 is 0 Å². The van der Waals surface area contributed by atoms with Crippen LogP contribution in [0.15, 0.2) is 255 Å². The molecule has 0 fully saturated rings. The molecule has 11 aromatic rings. The molecule has 2 nitrogen and oxygen atoms in total. The first kappa shape index (κ1) is 36.8. The fraction of sp³-hybridized carbons (Fsp3) is 0. The third kappa shape index (κ3) is 6.74. The van der Waals surface area contributed by atoms with Crippen molar-refractivity contribution in [1.82, 2.24) is 4.57 Å². The lowest BCUT2D eigenvalue weighted by Crippen LogP contribution is -2.10. The van der Waals surface area contributed by atoms with Crippen LogP contribution in [0.3, 0.4) is 0 Å². The molecule has 0 spiro atoms. The molecular weight excluding hydrogens is 749 g/mol. The summed E-state index contributed by atoms with van der Waals surface area (Å²) in [4.78, 5) is 2.39. The smallest absolute Gasteiger partial charge is 0.0547 e. The second-order valence-corrected chi connectivity index (χ2v) is 15.7. The second-order valence-electron chi connectivity index (χ2n) is 15.7. The Labute approximate surface area is 362 Å². The Morgan fingerprint density at radius 1 is 0.258 bits per heavy atom. The number of benzene rings is 10. The molecule has 0 saturated carbocycles. The maximum atomic E-state index is 2.39. The topological polar surface area (TPSA) is 8.17 Å². The largest absolute Gasteiger partial charge is 0.310 e. The van der Waals surface area contributed by atoms with Gasteiger partial charge in [-0.2, -0.15) is 0 Å². The molecule has 1 aromatic heterocycles. The van der Waals surface area contributed by atoms with Gasteiger partial charge in [-0.05, 0) is 116 Å². The monoisotopic (exact) mass is 790 g/mol. The molecule has 0 aliphatic rings. The molecule has 2 heteroatoms. The van der Waals surface area contributed by atoms with Crippen LogP contribution in [-0.4, -0.2) is 4.57 Å². The summed E-state index contributed by atoms with van der Waals surface area (Å²) in [7, 11) is 0. The third-order valence-corrected chi connectivity index (χ3v) is 12.0. The molecule has 0 N–H and O–H groups in total. The Balaban J connectivity index is 1.05. The zero-order chi connectivity index (χ0) is 41.2. The Morgan fingerprint density at radius 3 is 1.21 bits per heavy atom. The Hall–Kier alpha value is -8.20. The van der Waals surface area contributed by atoms with Crippen LogP contribution in [0.25, 0.3) is 83.1 Å². The van der Waals surface area contributed by atoms with Gasteiger partial charge >= 0.3 is 0 Å². The highest BCUT2D eigenvalue weighted by atomic mass is 15.1. The summed E-state index contributed by atoms with van der Waals surface area (Å²) < 4.78 is 2.39. The maximum absolute atomic E-state index is 2.39. The maximum Gasteiger partial charge on any atom is 0.0547 e. The SMILES string of the molecule is c1ccc(-c2ccccc2-c2ccc(N(c3ccc(-c4ccccc4-c4ccccc4)cc3)c3cccc(-c4cccc5c4c4ccccc4n5-c4ccccc4)c3)cc2)cc1. The highest BCUT2D eigenvalue weighted by Gasteiger charge is 2.19. The van der Waals surface area contributed by atoms with Crippen molar-refractivity contribution in [1.29, 1.82) is 0 Å². The average Bonchev–Trinajstić information content (AvgIpc) is 3.70. The third-order valence-electron chi connectivity index (χ3n) is 12.0. The van der Waals surface area contributed by atoms with E-state index in [0.29, 0.717) is 0 Å². The van der Waals surface area contributed by atoms with Gasteiger partial charge in [0, 0.05) is 33.5 Å². The van der Waals surface area contributed by atoms with Crippen LogP contribution in [-0.2, 0) is 0 Å². The van der Waals surface area contributed by atoms with Crippen LogP contribution >= 0.6 is 0 Å². The van der Waals surface area contributed by atoms with E-state index in [9.17, 15) is 0 Å². The van der Waals surface area contributed by atoms with E-state index in [4.69, 9.17) is 0 Å². The Kier molecular flexibility index (Phi) is 9.57. The van der Waals surface area contributed by atoms with Crippen molar-refractivity contribution in [2.45, 2.75) is 0 Å². The van der Waals surface area contributed by atoms with Crippen molar-refractivity contribution in [2.75, 3.05) is 4.90 Å². The fourth-order valence-electron chi connectivity index (χ4n) is 9.16. The van der Waals surface area contributed by atoms with Gasteiger partial charge in [0.2, 0.25) is 0 Å². The lowest BCUT2D eigenvalue weighted by atomic mass is 9.94. The molecule has 0 unspecified atom stereocenters. The zero-order valence-corrected chi connectivity index (χ0v) is 34.1. The summed E-state index contributed by atoms with van der Waals surface area (Å²) in [6.07, 6.45) is 0. The van der Waals surface area contributed by atoms with Gasteiger partial charge in [-0.15, -0.1) is 0 Å². The molecule has 62 heavy (non-hydrogen) atoms. The summed E-state index contributed by atoms with van der Waals surface area (Å²) >= 11 is 0. The number of fused-ring (bicyclic) bond motifs is 3. The first-order chi connectivity index (χ1) is 30.8. The minimum atomic E-state index is 1.08. The van der Waals surface area contributed by atoms with Crippen molar-refractivity contribution in [3.8, 4) is 61.3 Å². The Bertz CT molecular complexity index is 3190. The Morgan fingerprint density at radius 2 is 0.661 bits per heavy atom. The molecule has 0 atom stereocenters. The number of anilines is 3. The summed E-state index contributed by atoms with van der Waals surface area (Å²) in [6, 6.07) is 91.9. The molecular formula is C60H42N2. The summed E-state index contributed by atoms with van der Waals surface area (Å²) in [5, 5.41) is 2.49. The van der Waals surface area contributed by atoms with Gasteiger partial charge in [-0.25, -0.2) is 0 Å². The van der Waals surface area contributed by atoms with Gasteiger partial charge < -0.3 is 9.47 Å². The van der Waals surface area contributed by atoms with Crippen molar-refractivity contribution >= 4 is 38.9 Å². The van der Waals surface area contributed by atoms with Crippen molar-refractivity contribution in [2.24, 2.45) is 0 Å². The quantitative estimate of drug-likeness (QED) is 0.141. The van der Waals surface area contributed by atoms with Gasteiger partial charge in [0.25, 0.3) is 0 Å². The van der Waals surface area contributed by atoms with Gasteiger partial charge in [-0.1, -0.05) is 194 Å². The highest BCUT2D eigenvalue weighted by molar-refractivity contribution is 6.16. The predicted octanol–water partition coefficient (Wildman–Crippen LogP) is 16.6. The van der Waals surface area contributed by atoms with E-state index in [0.717, 1.165) is 28.3 Å². The van der Waals surface area contributed by atoms with Crippen LogP contribution in [0, 0.1) is 0 Å². The summed E-state index contributed by atoms with van der Waals surface area (Å²) in [5.74, 6) is 0. The average molecular weight is 791 g/mol. The molecule has 0 radical (unpaired) electrons. The number of nitrogens with zero attached hydrogens (tertiary/aromatic N) is 2. The standard InChI is InChI=1S/C60H42N2/c1-4-18-43(19-5-1)52-26-10-12-28-54(52)45-34-38-49(39-35-45)61(50-40-36-46(37-41-50)55-29-13-11-27-53(55)44-20-6-2-7-21-44)51-25-16-22-47(42-51)56-31-17-33-59-60(56)57-30-14-15-32-58(57)62(59)48-23-8-3-9-24-48/h1-42H. The van der Waals surface area contributed by atoms with E-state index >= 15 is 0 Å². The van der Waals surface area contributed by atoms with E-state index in [1.807, 2.05) is 0 Å². The van der Waals surface area contributed by atoms with E-state index in [1.165, 1.54) is 71.9 Å². The zero-order valence-electron chi connectivity index (χ0n) is 34.1. The molecule has 0 bridgehead atoms. The van der Waals surface area contributed by atoms with Gasteiger partial charge in [-0.3, -0.25) is 0 Å². The summed E-state index contributed by atoms with van der Waals surface area (Å²) in [5.41, 5.74) is 18.8. The number of aromatic nitrogens is 1. The highest BCUT2D eigenvalue weighted by Crippen LogP contribution is 2.43. The molecule has 10 aromatic carbocycles. The van der Waals surface area contributed by atoms with E-state index in [1.54, 1.807) is 0 Å². The first-order valence-corrected chi connectivity index (χ1v) is 21.3. The normalized spacial score (nSPS) is 11.2. The number of hydrogen-bond donors (Lipinski definition) is 0. The molecule has 11 rings (SSSR count). The van der Waals surface area contributed by atoms with E-state index < -0.39 is 0 Å². The number of para-hydroxylation sites is 2. The minimum Gasteiger partial charge on any atom is -0.310 e. The van der Waals surface area contributed by atoms with Crippen molar-refractivity contribution in [3.63, 3.8) is 0 Å². The lowest BCUT2D eigenvalue weighted by Gasteiger charge is -2.27. The fourth-order valence-corrected chi connectivity index (χ4v) is 9.16. The van der Waals surface area contributed by atoms with Crippen molar-refractivity contribution in [3.05, 3.63) is 255 Å². The molecule has 0 amide bonds. The molecule has 0 saturated heterocycles. The number of hydrogen-bond acceptors (Lipinski definition) is 1. The van der Waals surface area contributed by atoms with E-state index in [2.05, 4.69) is 264 Å². The molecule has 1 heterocycles. The number of rotatable bonds is 9. The molecule has 0 aliphatic carbocycles. The van der Waals surface area contributed by atoms with Crippen LogP contribution in [0.2, 0.25) is 0 Å². The predicted molar refractivity (Wildman–Crippen MR) is 263 cm³/mol. The summed E-state index contributed by atoms with van der Waals surface area (Å²) in [6.45, 7) is 0. The van der Waals surface area contributed by atoms with Crippen LogP contribution in [0.5, 0.6) is 0 Å². The minimum absolute atomic E-state index is 1.08. The van der Waals surface area contributed by atoms with Crippen LogP contribution in [0.4, 0.5) is 17.1 Å². The van der Waals surface area contributed by atoms with E-state index in [-0.39, 0.29) is 0 Å². The van der Waals surface area contributed by atoms with Gasteiger partial charge in [0.15, 0.2) is 0 Å².